The topological polar surface area (TPSA) is 63.1 Å². The van der Waals surface area contributed by atoms with Gasteiger partial charge in [0.25, 0.3) is 0 Å². The molecule has 2 heterocycles. The molecule has 14 heavy (non-hydrogen) atoms. The summed E-state index contributed by atoms with van der Waals surface area (Å²) in [6.07, 6.45) is 3.39. The van der Waals surface area contributed by atoms with Gasteiger partial charge in [-0.2, -0.15) is 12.6 Å². The molecule has 0 aromatic carbocycles. The van der Waals surface area contributed by atoms with Crippen LogP contribution >= 0.6 is 24.0 Å². The van der Waals surface area contributed by atoms with E-state index in [0.717, 1.165) is 10.2 Å². The normalized spacial score (nSPS) is 9.21. The molecular formula is C8H8N2O2S2. The quantitative estimate of drug-likeness (QED) is 0.729. The standard InChI is InChI=1S/C6H4N2S.C2H4O2S/c1-2-9-6-5(1)3-7-4-8-6;3-2(4)1-5/h1-4H;5H,1H2,(H,3,4). The first-order chi connectivity index (χ1) is 6.74. The fourth-order valence-corrected chi connectivity index (χ4v) is 1.42. The van der Waals surface area contributed by atoms with Gasteiger partial charge in [-0.1, -0.05) is 0 Å². The lowest BCUT2D eigenvalue weighted by atomic mass is 10.4. The Hall–Kier alpha value is -1.14. The van der Waals surface area contributed by atoms with Crippen LogP contribution in [0.25, 0.3) is 10.2 Å². The van der Waals surface area contributed by atoms with E-state index in [-0.39, 0.29) is 5.75 Å². The summed E-state index contributed by atoms with van der Waals surface area (Å²) in [6.45, 7) is 0. The van der Waals surface area contributed by atoms with Crippen LogP contribution in [-0.4, -0.2) is 26.8 Å². The number of carbonyl (C=O) groups is 1. The van der Waals surface area contributed by atoms with Crippen molar-refractivity contribution in [3.05, 3.63) is 24.0 Å². The third kappa shape index (κ3) is 3.31. The fourth-order valence-electron chi connectivity index (χ4n) is 0.714. The SMILES string of the molecule is O=C(O)CS.c1ncc2ccsc2n1. The lowest BCUT2D eigenvalue weighted by Crippen LogP contribution is -1.92. The zero-order chi connectivity index (χ0) is 10.4. The van der Waals surface area contributed by atoms with Crippen molar-refractivity contribution in [1.29, 1.82) is 0 Å². The molecule has 1 N–H and O–H groups in total. The van der Waals surface area contributed by atoms with Gasteiger partial charge >= 0.3 is 5.97 Å². The van der Waals surface area contributed by atoms with Gasteiger partial charge in [-0.15, -0.1) is 11.3 Å². The number of hydrogen-bond acceptors (Lipinski definition) is 5. The van der Waals surface area contributed by atoms with Crippen LogP contribution in [0.4, 0.5) is 0 Å². The summed E-state index contributed by atoms with van der Waals surface area (Å²) in [5.74, 6) is -0.965. The van der Waals surface area contributed by atoms with E-state index in [1.54, 1.807) is 17.7 Å². The molecule has 0 bridgehead atoms. The van der Waals surface area contributed by atoms with E-state index in [1.807, 2.05) is 17.6 Å². The summed E-state index contributed by atoms with van der Waals surface area (Å²) in [4.78, 5) is 18.3. The van der Waals surface area contributed by atoms with E-state index in [2.05, 4.69) is 22.6 Å². The van der Waals surface area contributed by atoms with Crippen LogP contribution in [0.5, 0.6) is 0 Å². The molecule has 2 aromatic heterocycles. The molecule has 0 unspecified atom stereocenters. The number of thiol groups is 1. The highest BCUT2D eigenvalue weighted by Crippen LogP contribution is 2.14. The minimum atomic E-state index is -0.881. The highest BCUT2D eigenvalue weighted by Gasteiger charge is 1.90. The molecule has 0 aliphatic carbocycles. The molecule has 0 atom stereocenters. The Morgan fingerprint density at radius 1 is 1.64 bits per heavy atom. The maximum atomic E-state index is 9.29. The van der Waals surface area contributed by atoms with Gasteiger partial charge in [-0.25, -0.2) is 9.97 Å². The lowest BCUT2D eigenvalue weighted by molar-refractivity contribution is -0.133. The monoisotopic (exact) mass is 228 g/mol. The van der Waals surface area contributed by atoms with Crippen molar-refractivity contribution in [1.82, 2.24) is 9.97 Å². The molecule has 74 valence electrons. The molecule has 0 aliphatic rings. The second-order valence-electron chi connectivity index (χ2n) is 2.26. The van der Waals surface area contributed by atoms with Crippen LogP contribution in [0, 0.1) is 0 Å². The van der Waals surface area contributed by atoms with E-state index < -0.39 is 5.97 Å². The molecule has 0 spiro atoms. The molecule has 0 fully saturated rings. The van der Waals surface area contributed by atoms with Gasteiger partial charge < -0.3 is 5.11 Å². The molecule has 0 saturated heterocycles. The van der Waals surface area contributed by atoms with Gasteiger partial charge in [-0.3, -0.25) is 4.79 Å². The van der Waals surface area contributed by atoms with Crippen LogP contribution in [0.3, 0.4) is 0 Å². The molecule has 6 heteroatoms. The van der Waals surface area contributed by atoms with E-state index in [4.69, 9.17) is 5.11 Å². The number of rotatable bonds is 1. The summed E-state index contributed by atoms with van der Waals surface area (Å²) in [5.41, 5.74) is 0. The second kappa shape index (κ2) is 5.56. The molecule has 0 radical (unpaired) electrons. The van der Waals surface area contributed by atoms with Crippen LogP contribution in [0.1, 0.15) is 0 Å². The average Bonchev–Trinajstić information content (AvgIpc) is 2.66. The third-order valence-electron chi connectivity index (χ3n) is 1.26. The first kappa shape index (κ1) is 10.9. The van der Waals surface area contributed by atoms with Gasteiger partial charge in [0.2, 0.25) is 0 Å². The Balaban J connectivity index is 0.000000171. The van der Waals surface area contributed by atoms with Crippen molar-refractivity contribution < 1.29 is 9.90 Å². The zero-order valence-corrected chi connectivity index (χ0v) is 8.83. The maximum absolute atomic E-state index is 9.29. The summed E-state index contributed by atoms with van der Waals surface area (Å²) in [6, 6.07) is 2.01. The number of carboxylic acid groups (broad SMARTS) is 1. The molecule has 0 amide bonds. The van der Waals surface area contributed by atoms with Crippen molar-refractivity contribution >= 4 is 40.2 Å². The van der Waals surface area contributed by atoms with Gasteiger partial charge in [-0.05, 0) is 11.4 Å². The number of fused-ring (bicyclic) bond motifs is 1. The molecule has 2 rings (SSSR count). The second-order valence-corrected chi connectivity index (χ2v) is 3.47. The Kier molecular flexibility index (Phi) is 4.34. The predicted octanol–water partition coefficient (Wildman–Crippen LogP) is 1.69. The Labute approximate surface area is 90.0 Å². The summed E-state index contributed by atoms with van der Waals surface area (Å²) in [7, 11) is 0. The first-order valence-corrected chi connectivity index (χ1v) is 5.21. The predicted molar refractivity (Wildman–Crippen MR) is 58.9 cm³/mol. The summed E-state index contributed by atoms with van der Waals surface area (Å²) < 4.78 is 0. The highest BCUT2D eigenvalue weighted by molar-refractivity contribution is 7.81. The Morgan fingerprint density at radius 3 is 2.93 bits per heavy atom. The number of thiophene rings is 1. The summed E-state index contributed by atoms with van der Waals surface area (Å²) >= 11 is 5.05. The van der Waals surface area contributed by atoms with Crippen molar-refractivity contribution in [3.63, 3.8) is 0 Å². The number of aliphatic carboxylic acids is 1. The Morgan fingerprint density at radius 2 is 2.36 bits per heavy atom. The van der Waals surface area contributed by atoms with Crippen molar-refractivity contribution in [2.75, 3.05) is 5.75 Å². The average molecular weight is 228 g/mol. The molecular weight excluding hydrogens is 220 g/mol. The molecule has 2 aromatic rings. The van der Waals surface area contributed by atoms with E-state index in [9.17, 15) is 4.79 Å². The zero-order valence-electron chi connectivity index (χ0n) is 7.12. The van der Waals surface area contributed by atoms with Gasteiger partial charge in [0.05, 0.1) is 5.75 Å². The van der Waals surface area contributed by atoms with E-state index in [0.29, 0.717) is 0 Å². The van der Waals surface area contributed by atoms with Gasteiger partial charge in [0, 0.05) is 11.6 Å². The Bertz CT molecular complexity index is 386. The van der Waals surface area contributed by atoms with Crippen LogP contribution < -0.4 is 0 Å². The van der Waals surface area contributed by atoms with Gasteiger partial charge in [0.15, 0.2) is 0 Å². The van der Waals surface area contributed by atoms with Crippen LogP contribution in [0.15, 0.2) is 24.0 Å². The lowest BCUT2D eigenvalue weighted by Gasteiger charge is -1.81. The molecule has 0 aliphatic heterocycles. The minimum Gasteiger partial charge on any atom is -0.481 e. The number of aromatic nitrogens is 2. The highest BCUT2D eigenvalue weighted by atomic mass is 32.1. The van der Waals surface area contributed by atoms with E-state index >= 15 is 0 Å². The van der Waals surface area contributed by atoms with Crippen molar-refractivity contribution in [2.24, 2.45) is 0 Å². The molecule has 0 saturated carbocycles. The minimum absolute atomic E-state index is 0.0833. The fraction of sp³-hybridized carbons (Fsp3) is 0.125. The number of nitrogens with zero attached hydrogens (tertiary/aromatic N) is 2. The van der Waals surface area contributed by atoms with Crippen molar-refractivity contribution in [3.8, 4) is 0 Å². The van der Waals surface area contributed by atoms with E-state index in [1.165, 1.54) is 0 Å². The maximum Gasteiger partial charge on any atom is 0.313 e. The smallest absolute Gasteiger partial charge is 0.313 e. The largest absolute Gasteiger partial charge is 0.481 e. The third-order valence-corrected chi connectivity index (χ3v) is 2.37. The number of carboxylic acids is 1. The molecule has 4 nitrogen and oxygen atoms in total. The van der Waals surface area contributed by atoms with Gasteiger partial charge in [0.1, 0.15) is 11.2 Å². The van der Waals surface area contributed by atoms with Crippen molar-refractivity contribution in [2.45, 2.75) is 0 Å². The summed E-state index contributed by atoms with van der Waals surface area (Å²) in [5, 5.41) is 10.8. The first-order valence-electron chi connectivity index (χ1n) is 3.70. The van der Waals surface area contributed by atoms with Crippen LogP contribution in [-0.2, 0) is 4.79 Å². The van der Waals surface area contributed by atoms with Crippen LogP contribution in [0.2, 0.25) is 0 Å². The number of hydrogen-bond donors (Lipinski definition) is 2.